The van der Waals surface area contributed by atoms with Crippen molar-refractivity contribution in [2.45, 2.75) is 33.6 Å². The van der Waals surface area contributed by atoms with Crippen molar-refractivity contribution < 1.29 is 0 Å². The lowest BCUT2D eigenvalue weighted by Gasteiger charge is -1.90. The molecule has 0 unspecified atom stereocenters. The molecule has 2 N–H and O–H groups in total. The molecule has 0 aliphatic rings. The van der Waals surface area contributed by atoms with Crippen LogP contribution in [0, 0.1) is 5.92 Å². The van der Waals surface area contributed by atoms with E-state index in [1.807, 2.05) is 12.2 Å². The van der Waals surface area contributed by atoms with Crippen molar-refractivity contribution in [1.82, 2.24) is 0 Å². The topological polar surface area (TPSA) is 50.7 Å². The Morgan fingerprint density at radius 2 is 2.07 bits per heavy atom. The SMILES string of the molecule is CCC/C=C/N=C(N)C=N/C=C/C(C)C. The van der Waals surface area contributed by atoms with E-state index in [4.69, 9.17) is 5.73 Å². The summed E-state index contributed by atoms with van der Waals surface area (Å²) in [5.74, 6) is 0.931. The number of rotatable bonds is 6. The van der Waals surface area contributed by atoms with Gasteiger partial charge in [0.2, 0.25) is 0 Å². The molecule has 0 aromatic rings. The van der Waals surface area contributed by atoms with Crippen molar-refractivity contribution in [3.63, 3.8) is 0 Å². The molecule has 0 fully saturated rings. The van der Waals surface area contributed by atoms with Crippen LogP contribution in [0.4, 0.5) is 0 Å². The summed E-state index contributed by atoms with van der Waals surface area (Å²) in [5.41, 5.74) is 5.59. The maximum atomic E-state index is 5.59. The third kappa shape index (κ3) is 10.5. The summed E-state index contributed by atoms with van der Waals surface area (Å²) in [4.78, 5) is 8.02. The van der Waals surface area contributed by atoms with Gasteiger partial charge in [0.1, 0.15) is 5.84 Å². The second-order valence-electron chi connectivity index (χ2n) is 3.59. The van der Waals surface area contributed by atoms with Gasteiger partial charge in [0, 0.05) is 12.4 Å². The van der Waals surface area contributed by atoms with E-state index in [0.29, 0.717) is 11.8 Å². The number of hydrogen-bond acceptors (Lipinski definition) is 2. The second kappa shape index (κ2) is 9.19. The number of allylic oxidation sites excluding steroid dienone is 2. The first-order valence-corrected chi connectivity index (χ1v) is 5.35. The molecule has 0 aromatic heterocycles. The van der Waals surface area contributed by atoms with Crippen molar-refractivity contribution in [3.05, 3.63) is 24.6 Å². The van der Waals surface area contributed by atoms with Gasteiger partial charge in [-0.15, -0.1) is 0 Å². The van der Waals surface area contributed by atoms with Crippen LogP contribution in [0.2, 0.25) is 0 Å². The lowest BCUT2D eigenvalue weighted by molar-refractivity contribution is 0.829. The van der Waals surface area contributed by atoms with Crippen molar-refractivity contribution >= 4 is 12.1 Å². The summed E-state index contributed by atoms with van der Waals surface area (Å²) < 4.78 is 0. The number of unbranched alkanes of at least 4 members (excludes halogenated alkanes) is 1. The molecule has 0 radical (unpaired) electrons. The number of nitrogens with zero attached hydrogens (tertiary/aromatic N) is 2. The van der Waals surface area contributed by atoms with Crippen LogP contribution in [0.5, 0.6) is 0 Å². The molecular formula is C12H21N3. The van der Waals surface area contributed by atoms with E-state index in [-0.39, 0.29) is 0 Å². The minimum atomic E-state index is 0.427. The molecule has 0 aliphatic heterocycles. The number of amidine groups is 1. The zero-order chi connectivity index (χ0) is 11.5. The van der Waals surface area contributed by atoms with Crippen molar-refractivity contribution in [1.29, 1.82) is 0 Å². The van der Waals surface area contributed by atoms with Crippen LogP contribution in [0.25, 0.3) is 0 Å². The minimum absolute atomic E-state index is 0.427. The van der Waals surface area contributed by atoms with Gasteiger partial charge in [-0.25, -0.2) is 4.99 Å². The fourth-order valence-electron chi connectivity index (χ4n) is 0.755. The van der Waals surface area contributed by atoms with Gasteiger partial charge in [0.25, 0.3) is 0 Å². The molecule has 0 bridgehead atoms. The largest absolute Gasteiger partial charge is 0.382 e. The molecule has 0 saturated carbocycles. The molecule has 0 spiro atoms. The first-order chi connectivity index (χ1) is 7.16. The van der Waals surface area contributed by atoms with Crippen molar-refractivity contribution in [2.75, 3.05) is 0 Å². The molecule has 0 saturated heterocycles. The quantitative estimate of drug-likeness (QED) is 0.528. The molecule has 3 heteroatoms. The highest BCUT2D eigenvalue weighted by Gasteiger charge is 1.82. The average molecular weight is 207 g/mol. The van der Waals surface area contributed by atoms with Crippen molar-refractivity contribution in [2.24, 2.45) is 21.6 Å². The highest BCUT2D eigenvalue weighted by atomic mass is 14.9. The second-order valence-corrected chi connectivity index (χ2v) is 3.59. The van der Waals surface area contributed by atoms with E-state index in [0.717, 1.165) is 12.8 Å². The Bertz CT molecular complexity index is 260. The number of aliphatic imine (C=N–C) groups is 2. The summed E-state index contributed by atoms with van der Waals surface area (Å²) in [7, 11) is 0. The van der Waals surface area contributed by atoms with Gasteiger partial charge >= 0.3 is 0 Å². The Kier molecular flexibility index (Phi) is 8.34. The van der Waals surface area contributed by atoms with E-state index in [1.54, 1.807) is 18.6 Å². The minimum Gasteiger partial charge on any atom is -0.382 e. The zero-order valence-electron chi connectivity index (χ0n) is 9.85. The molecule has 3 nitrogen and oxygen atoms in total. The van der Waals surface area contributed by atoms with Gasteiger partial charge in [-0.3, -0.25) is 4.99 Å². The van der Waals surface area contributed by atoms with Crippen LogP contribution in [0.3, 0.4) is 0 Å². The molecule has 0 heterocycles. The molecule has 15 heavy (non-hydrogen) atoms. The van der Waals surface area contributed by atoms with Crippen LogP contribution < -0.4 is 5.73 Å². The standard InChI is InChI=1S/C12H21N3/c1-4-5-6-8-15-12(13)10-14-9-7-11(2)3/h6-11H,4-5H2,1-3H3,(H2,13,15)/b8-6+,9-7+,14-10?. The first kappa shape index (κ1) is 13.6. The molecule has 0 atom stereocenters. The van der Waals surface area contributed by atoms with Gasteiger partial charge in [0.15, 0.2) is 0 Å². The third-order valence-corrected chi connectivity index (χ3v) is 1.55. The van der Waals surface area contributed by atoms with E-state index < -0.39 is 0 Å². The van der Waals surface area contributed by atoms with Crippen LogP contribution in [-0.2, 0) is 0 Å². The molecule has 0 rings (SSSR count). The Morgan fingerprint density at radius 1 is 1.33 bits per heavy atom. The maximum absolute atomic E-state index is 5.59. The lowest BCUT2D eigenvalue weighted by Crippen LogP contribution is -2.11. The summed E-state index contributed by atoms with van der Waals surface area (Å²) in [6.45, 7) is 6.31. The van der Waals surface area contributed by atoms with E-state index in [9.17, 15) is 0 Å². The monoisotopic (exact) mass is 207 g/mol. The predicted octanol–water partition coefficient (Wildman–Crippen LogP) is 2.90. The van der Waals surface area contributed by atoms with Crippen LogP contribution in [0.1, 0.15) is 33.6 Å². The highest BCUT2D eigenvalue weighted by Crippen LogP contribution is 1.92. The van der Waals surface area contributed by atoms with Crippen LogP contribution in [-0.4, -0.2) is 12.1 Å². The van der Waals surface area contributed by atoms with Gasteiger partial charge in [-0.2, -0.15) is 0 Å². The van der Waals surface area contributed by atoms with Gasteiger partial charge in [-0.1, -0.05) is 39.3 Å². The lowest BCUT2D eigenvalue weighted by atomic mass is 10.2. The normalized spacial score (nSPS) is 14.0. The smallest absolute Gasteiger partial charge is 0.141 e. The molecule has 0 aliphatic carbocycles. The third-order valence-electron chi connectivity index (χ3n) is 1.55. The fourth-order valence-corrected chi connectivity index (χ4v) is 0.755. The average Bonchev–Trinajstić information content (AvgIpc) is 2.19. The summed E-state index contributed by atoms with van der Waals surface area (Å²) in [6, 6.07) is 0. The van der Waals surface area contributed by atoms with Crippen LogP contribution >= 0.6 is 0 Å². The first-order valence-electron chi connectivity index (χ1n) is 5.35. The summed E-state index contributed by atoms with van der Waals surface area (Å²) >= 11 is 0. The van der Waals surface area contributed by atoms with Gasteiger partial charge in [0.05, 0.1) is 6.21 Å². The molecular weight excluding hydrogens is 186 g/mol. The van der Waals surface area contributed by atoms with Gasteiger partial charge in [-0.05, 0) is 12.3 Å². The number of nitrogens with two attached hydrogens (primary N) is 1. The van der Waals surface area contributed by atoms with E-state index in [1.165, 1.54) is 0 Å². The molecule has 0 aromatic carbocycles. The fraction of sp³-hybridized carbons (Fsp3) is 0.500. The molecule has 84 valence electrons. The zero-order valence-corrected chi connectivity index (χ0v) is 9.85. The Balaban J connectivity index is 3.95. The summed E-state index contributed by atoms with van der Waals surface area (Å²) in [6.07, 6.45) is 11.1. The van der Waals surface area contributed by atoms with Gasteiger partial charge < -0.3 is 5.73 Å². The van der Waals surface area contributed by atoms with E-state index in [2.05, 4.69) is 30.8 Å². The van der Waals surface area contributed by atoms with Crippen LogP contribution in [0.15, 0.2) is 34.5 Å². The van der Waals surface area contributed by atoms with E-state index >= 15 is 0 Å². The Labute approximate surface area is 92.5 Å². The van der Waals surface area contributed by atoms with Crippen molar-refractivity contribution in [3.8, 4) is 0 Å². The predicted molar refractivity (Wildman–Crippen MR) is 68.1 cm³/mol. The Hall–Kier alpha value is -1.38. The Morgan fingerprint density at radius 3 is 2.67 bits per heavy atom. The summed E-state index contributed by atoms with van der Waals surface area (Å²) in [5, 5.41) is 0. The number of hydrogen-bond donors (Lipinski definition) is 1. The maximum Gasteiger partial charge on any atom is 0.141 e. The highest BCUT2D eigenvalue weighted by molar-refractivity contribution is 6.28. The molecule has 0 amide bonds.